The molecule has 2 aliphatic rings. The molecule has 0 amide bonds. The molecule has 74 valence electrons. The van der Waals surface area contributed by atoms with E-state index in [1.165, 1.54) is 0 Å². The predicted octanol–water partition coefficient (Wildman–Crippen LogP) is 0.320. The van der Waals surface area contributed by atoms with Crippen molar-refractivity contribution in [3.8, 4) is 0 Å². The molecule has 1 heterocycles. The van der Waals surface area contributed by atoms with Gasteiger partial charge in [0.2, 0.25) is 0 Å². The number of piperazine rings is 1. The average Bonchev–Trinajstić information content (AvgIpc) is 2.20. The van der Waals surface area contributed by atoms with E-state index in [-0.39, 0.29) is 0 Å². The van der Waals surface area contributed by atoms with Crippen LogP contribution in [0.2, 0.25) is 0 Å². The molecule has 1 aliphatic heterocycles. The highest BCUT2D eigenvalue weighted by atomic mass is 16.3. The van der Waals surface area contributed by atoms with Crippen molar-refractivity contribution in [1.82, 2.24) is 10.2 Å². The van der Waals surface area contributed by atoms with Crippen LogP contribution in [-0.2, 0) is 0 Å². The van der Waals surface area contributed by atoms with Gasteiger partial charge in [0, 0.05) is 32.6 Å². The Balaban J connectivity index is 1.99. The third kappa shape index (κ3) is 1.93. The quantitative estimate of drug-likeness (QED) is 0.573. The van der Waals surface area contributed by atoms with Gasteiger partial charge in [0.1, 0.15) is 5.72 Å². The molecule has 2 N–H and O–H groups in total. The minimum Gasteiger partial charge on any atom is -0.375 e. The molecule has 1 aliphatic carbocycles. The molecule has 3 nitrogen and oxygen atoms in total. The molecule has 0 radical (unpaired) electrons. The molecule has 0 aromatic carbocycles. The lowest BCUT2D eigenvalue weighted by Crippen LogP contribution is -2.56. The second-order valence-corrected chi connectivity index (χ2v) is 3.93. The zero-order valence-corrected chi connectivity index (χ0v) is 8.00. The molecule has 1 atom stereocenters. The van der Waals surface area contributed by atoms with Gasteiger partial charge in [0.25, 0.3) is 0 Å². The summed E-state index contributed by atoms with van der Waals surface area (Å²) < 4.78 is 0. The van der Waals surface area contributed by atoms with Crippen molar-refractivity contribution in [2.75, 3.05) is 26.2 Å². The first-order chi connectivity index (χ1) is 6.31. The van der Waals surface area contributed by atoms with Crippen LogP contribution in [0.15, 0.2) is 12.2 Å². The van der Waals surface area contributed by atoms with Gasteiger partial charge in [-0.15, -0.1) is 0 Å². The van der Waals surface area contributed by atoms with Gasteiger partial charge in [-0.05, 0) is 12.8 Å². The zero-order chi connectivity index (χ0) is 9.15. The van der Waals surface area contributed by atoms with Crippen LogP contribution in [0.1, 0.15) is 19.3 Å². The fourth-order valence-corrected chi connectivity index (χ4v) is 2.17. The highest BCUT2D eigenvalue weighted by molar-refractivity contribution is 4.98. The maximum atomic E-state index is 10.3. The Bertz CT molecular complexity index is 199. The van der Waals surface area contributed by atoms with E-state index in [2.05, 4.69) is 22.4 Å². The lowest BCUT2D eigenvalue weighted by molar-refractivity contribution is -0.118. The minimum atomic E-state index is -0.545. The molecule has 0 bridgehead atoms. The highest BCUT2D eigenvalue weighted by Gasteiger charge is 2.34. The molecule has 0 saturated carbocycles. The number of aliphatic hydroxyl groups is 1. The number of rotatable bonds is 1. The van der Waals surface area contributed by atoms with E-state index in [1.54, 1.807) is 0 Å². The van der Waals surface area contributed by atoms with Crippen molar-refractivity contribution < 1.29 is 5.11 Å². The van der Waals surface area contributed by atoms with E-state index in [4.69, 9.17) is 0 Å². The normalized spacial score (nSPS) is 36.4. The van der Waals surface area contributed by atoms with E-state index >= 15 is 0 Å². The summed E-state index contributed by atoms with van der Waals surface area (Å²) in [6.07, 6.45) is 6.97. The van der Waals surface area contributed by atoms with Crippen molar-refractivity contribution in [3.05, 3.63) is 12.2 Å². The molecular weight excluding hydrogens is 164 g/mol. The standard InChI is InChI=1S/C10H18N2O/c13-10(4-2-1-3-5-10)12-8-6-11-7-9-12/h1-2,11,13H,3-9H2/t10-/m1/s1. The zero-order valence-electron chi connectivity index (χ0n) is 8.00. The lowest BCUT2D eigenvalue weighted by atomic mass is 9.95. The topological polar surface area (TPSA) is 35.5 Å². The average molecular weight is 182 g/mol. The second kappa shape index (κ2) is 3.78. The number of hydrogen-bond acceptors (Lipinski definition) is 3. The molecule has 1 fully saturated rings. The fraction of sp³-hybridized carbons (Fsp3) is 0.800. The summed E-state index contributed by atoms with van der Waals surface area (Å²) in [7, 11) is 0. The summed E-state index contributed by atoms with van der Waals surface area (Å²) in [4.78, 5) is 2.22. The van der Waals surface area contributed by atoms with Crippen LogP contribution in [0.4, 0.5) is 0 Å². The fourth-order valence-electron chi connectivity index (χ4n) is 2.17. The van der Waals surface area contributed by atoms with Gasteiger partial charge in [-0.3, -0.25) is 4.90 Å². The Labute approximate surface area is 79.4 Å². The number of nitrogens with one attached hydrogen (secondary N) is 1. The van der Waals surface area contributed by atoms with Crippen molar-refractivity contribution in [3.63, 3.8) is 0 Å². The first-order valence-corrected chi connectivity index (χ1v) is 5.14. The molecule has 1 saturated heterocycles. The Morgan fingerprint density at radius 2 is 2.00 bits per heavy atom. The first-order valence-electron chi connectivity index (χ1n) is 5.14. The van der Waals surface area contributed by atoms with Gasteiger partial charge < -0.3 is 10.4 Å². The largest absolute Gasteiger partial charge is 0.375 e. The van der Waals surface area contributed by atoms with Crippen molar-refractivity contribution >= 4 is 0 Å². The number of hydrogen-bond donors (Lipinski definition) is 2. The van der Waals surface area contributed by atoms with Crippen molar-refractivity contribution in [1.29, 1.82) is 0 Å². The summed E-state index contributed by atoms with van der Waals surface area (Å²) >= 11 is 0. The molecule has 0 aromatic heterocycles. The van der Waals surface area contributed by atoms with Crippen molar-refractivity contribution in [2.45, 2.75) is 25.0 Å². The Hall–Kier alpha value is -0.380. The number of allylic oxidation sites excluding steroid dienone is 1. The van der Waals surface area contributed by atoms with E-state index in [0.717, 1.165) is 45.4 Å². The summed E-state index contributed by atoms with van der Waals surface area (Å²) in [6.45, 7) is 3.97. The minimum absolute atomic E-state index is 0.545. The van der Waals surface area contributed by atoms with Crippen LogP contribution in [-0.4, -0.2) is 41.9 Å². The Morgan fingerprint density at radius 3 is 2.62 bits per heavy atom. The lowest BCUT2D eigenvalue weighted by Gasteiger charge is -2.42. The van der Waals surface area contributed by atoms with E-state index in [0.29, 0.717) is 0 Å². The molecule has 13 heavy (non-hydrogen) atoms. The van der Waals surface area contributed by atoms with Crippen LogP contribution >= 0.6 is 0 Å². The second-order valence-electron chi connectivity index (χ2n) is 3.93. The predicted molar refractivity (Wildman–Crippen MR) is 52.4 cm³/mol. The SMILES string of the molecule is O[C@]1(N2CCNCC2)CC=CCC1. The van der Waals surface area contributed by atoms with Crippen LogP contribution < -0.4 is 5.32 Å². The van der Waals surface area contributed by atoms with Gasteiger partial charge >= 0.3 is 0 Å². The summed E-state index contributed by atoms with van der Waals surface area (Å²) in [5.41, 5.74) is -0.545. The third-order valence-electron chi connectivity index (χ3n) is 3.03. The van der Waals surface area contributed by atoms with Crippen molar-refractivity contribution in [2.24, 2.45) is 0 Å². The van der Waals surface area contributed by atoms with Gasteiger partial charge in [0.05, 0.1) is 0 Å². The first kappa shape index (κ1) is 9.19. The summed E-state index contributed by atoms with van der Waals surface area (Å²) in [5.74, 6) is 0. The summed E-state index contributed by atoms with van der Waals surface area (Å²) in [5, 5.41) is 13.6. The Morgan fingerprint density at radius 1 is 1.23 bits per heavy atom. The summed E-state index contributed by atoms with van der Waals surface area (Å²) in [6, 6.07) is 0. The van der Waals surface area contributed by atoms with Gasteiger partial charge in [-0.25, -0.2) is 0 Å². The molecular formula is C10H18N2O. The van der Waals surface area contributed by atoms with E-state index in [1.807, 2.05) is 0 Å². The van der Waals surface area contributed by atoms with Crippen LogP contribution in [0.25, 0.3) is 0 Å². The highest BCUT2D eigenvalue weighted by Crippen LogP contribution is 2.27. The smallest absolute Gasteiger partial charge is 0.122 e. The van der Waals surface area contributed by atoms with Crippen LogP contribution in [0, 0.1) is 0 Å². The monoisotopic (exact) mass is 182 g/mol. The van der Waals surface area contributed by atoms with E-state index < -0.39 is 5.72 Å². The molecule has 0 unspecified atom stereocenters. The number of nitrogens with zero attached hydrogens (tertiary/aromatic N) is 1. The maximum absolute atomic E-state index is 10.3. The van der Waals surface area contributed by atoms with Gasteiger partial charge in [-0.1, -0.05) is 12.2 Å². The van der Waals surface area contributed by atoms with Crippen LogP contribution in [0.3, 0.4) is 0 Å². The molecule has 0 aromatic rings. The Kier molecular flexibility index (Phi) is 2.67. The van der Waals surface area contributed by atoms with Crippen LogP contribution in [0.5, 0.6) is 0 Å². The molecule has 0 spiro atoms. The van der Waals surface area contributed by atoms with Gasteiger partial charge in [-0.2, -0.15) is 0 Å². The molecule has 2 rings (SSSR count). The van der Waals surface area contributed by atoms with E-state index in [9.17, 15) is 5.11 Å². The third-order valence-corrected chi connectivity index (χ3v) is 3.03. The molecule has 3 heteroatoms. The van der Waals surface area contributed by atoms with Gasteiger partial charge in [0.15, 0.2) is 0 Å². The maximum Gasteiger partial charge on any atom is 0.122 e.